The molecule has 0 aliphatic carbocycles. The summed E-state index contributed by atoms with van der Waals surface area (Å²) in [5.74, 6) is 0.738. The number of carbonyl (C=O) groups excluding carboxylic acids is 1. The summed E-state index contributed by atoms with van der Waals surface area (Å²) in [6, 6.07) is 10.7. The van der Waals surface area contributed by atoms with E-state index in [1.54, 1.807) is 0 Å². The quantitative estimate of drug-likeness (QED) is 0.867. The Labute approximate surface area is 110 Å². The lowest BCUT2D eigenvalue weighted by Gasteiger charge is -2.37. The predicted octanol–water partition coefficient (Wildman–Crippen LogP) is 3.17. The van der Waals surface area contributed by atoms with Crippen molar-refractivity contribution in [1.29, 1.82) is 0 Å². The Bertz CT molecular complexity index is 412. The average Bonchev–Trinajstić information content (AvgIpc) is 2.68. The molecule has 1 aromatic carbocycles. The molecule has 0 radical (unpaired) electrons. The third-order valence-electron chi connectivity index (χ3n) is 4.61. The van der Waals surface area contributed by atoms with Gasteiger partial charge in [0, 0.05) is 17.9 Å². The molecule has 1 saturated heterocycles. The zero-order valence-electron chi connectivity index (χ0n) is 11.6. The van der Waals surface area contributed by atoms with E-state index in [0.717, 1.165) is 12.8 Å². The highest BCUT2D eigenvalue weighted by Gasteiger charge is 2.47. The summed E-state index contributed by atoms with van der Waals surface area (Å²) in [5, 5.41) is 3.19. The summed E-state index contributed by atoms with van der Waals surface area (Å²) >= 11 is 0. The smallest absolute Gasteiger partial charge is 0.220 e. The van der Waals surface area contributed by atoms with Crippen LogP contribution in [0.15, 0.2) is 30.3 Å². The first kappa shape index (κ1) is 13.1. The number of hydrogen-bond acceptors (Lipinski definition) is 1. The normalized spacial score (nSPS) is 27.6. The molecule has 1 heterocycles. The van der Waals surface area contributed by atoms with Crippen LogP contribution in [-0.2, 0) is 11.2 Å². The molecule has 2 unspecified atom stereocenters. The Kier molecular flexibility index (Phi) is 3.74. The first-order chi connectivity index (χ1) is 8.58. The summed E-state index contributed by atoms with van der Waals surface area (Å²) in [7, 11) is 0. The second-order valence-electron chi connectivity index (χ2n) is 5.73. The van der Waals surface area contributed by atoms with E-state index in [4.69, 9.17) is 0 Å². The van der Waals surface area contributed by atoms with Crippen LogP contribution in [0.1, 0.15) is 39.2 Å². The van der Waals surface area contributed by atoms with Gasteiger partial charge in [-0.3, -0.25) is 4.79 Å². The highest BCUT2D eigenvalue weighted by molar-refractivity contribution is 5.80. The maximum atomic E-state index is 11.8. The van der Waals surface area contributed by atoms with Gasteiger partial charge in [-0.25, -0.2) is 0 Å². The molecule has 2 heteroatoms. The van der Waals surface area contributed by atoms with Crippen LogP contribution in [0.4, 0.5) is 0 Å². The van der Waals surface area contributed by atoms with Gasteiger partial charge < -0.3 is 5.32 Å². The number of carbonyl (C=O) groups is 1. The number of rotatable bonds is 4. The van der Waals surface area contributed by atoms with Gasteiger partial charge in [0.1, 0.15) is 0 Å². The molecule has 1 fully saturated rings. The third kappa shape index (κ3) is 2.29. The summed E-state index contributed by atoms with van der Waals surface area (Å²) in [5.41, 5.74) is 1.43. The van der Waals surface area contributed by atoms with Crippen LogP contribution < -0.4 is 5.32 Å². The monoisotopic (exact) mass is 245 g/mol. The van der Waals surface area contributed by atoms with Gasteiger partial charge in [-0.15, -0.1) is 0 Å². The standard InChI is InChI=1S/C16H23NO/c1-4-16(12(2)3)11-15(18)17-14(16)10-13-8-6-5-7-9-13/h5-9,12,14H,4,10-11H2,1-3H3,(H,17,18). The fourth-order valence-electron chi connectivity index (χ4n) is 3.30. The van der Waals surface area contributed by atoms with E-state index < -0.39 is 0 Å². The maximum Gasteiger partial charge on any atom is 0.220 e. The minimum absolute atomic E-state index is 0.118. The molecule has 2 atom stereocenters. The van der Waals surface area contributed by atoms with Gasteiger partial charge in [0.15, 0.2) is 0 Å². The van der Waals surface area contributed by atoms with Gasteiger partial charge in [-0.2, -0.15) is 0 Å². The van der Waals surface area contributed by atoms with Crippen LogP contribution >= 0.6 is 0 Å². The number of benzene rings is 1. The van der Waals surface area contributed by atoms with Crippen molar-refractivity contribution in [2.45, 2.75) is 46.1 Å². The molecule has 1 aliphatic rings. The van der Waals surface area contributed by atoms with E-state index in [1.165, 1.54) is 5.56 Å². The van der Waals surface area contributed by atoms with Gasteiger partial charge in [0.05, 0.1) is 0 Å². The van der Waals surface area contributed by atoms with E-state index in [2.05, 4.69) is 50.4 Å². The summed E-state index contributed by atoms with van der Waals surface area (Å²) in [6.45, 7) is 6.68. The van der Waals surface area contributed by atoms with Crippen LogP contribution in [0.2, 0.25) is 0 Å². The highest BCUT2D eigenvalue weighted by atomic mass is 16.2. The Morgan fingerprint density at radius 3 is 2.56 bits per heavy atom. The van der Waals surface area contributed by atoms with E-state index >= 15 is 0 Å². The second-order valence-corrected chi connectivity index (χ2v) is 5.73. The van der Waals surface area contributed by atoms with Crippen LogP contribution in [0.25, 0.3) is 0 Å². The van der Waals surface area contributed by atoms with Gasteiger partial charge in [0.2, 0.25) is 5.91 Å². The van der Waals surface area contributed by atoms with E-state index in [0.29, 0.717) is 12.3 Å². The van der Waals surface area contributed by atoms with Crippen LogP contribution in [0.5, 0.6) is 0 Å². The number of nitrogens with one attached hydrogen (secondary N) is 1. The fourth-order valence-corrected chi connectivity index (χ4v) is 3.30. The number of hydrogen-bond donors (Lipinski definition) is 1. The summed E-state index contributed by atoms with van der Waals surface area (Å²) in [6.07, 6.45) is 2.68. The largest absolute Gasteiger partial charge is 0.352 e. The lowest BCUT2D eigenvalue weighted by atomic mass is 9.68. The molecule has 1 aliphatic heterocycles. The SMILES string of the molecule is CCC1(C(C)C)CC(=O)NC1Cc1ccccc1. The molecule has 0 spiro atoms. The highest BCUT2D eigenvalue weighted by Crippen LogP contribution is 2.43. The van der Waals surface area contributed by atoms with E-state index in [-0.39, 0.29) is 17.4 Å². The molecule has 1 aromatic rings. The van der Waals surface area contributed by atoms with Crippen LogP contribution in [0, 0.1) is 11.3 Å². The summed E-state index contributed by atoms with van der Waals surface area (Å²) in [4.78, 5) is 11.8. The Morgan fingerprint density at radius 1 is 1.33 bits per heavy atom. The average molecular weight is 245 g/mol. The Hall–Kier alpha value is -1.31. The minimum atomic E-state index is 0.118. The van der Waals surface area contributed by atoms with Crippen molar-refractivity contribution in [3.05, 3.63) is 35.9 Å². The minimum Gasteiger partial charge on any atom is -0.352 e. The number of amides is 1. The molecule has 1 amide bonds. The molecule has 98 valence electrons. The topological polar surface area (TPSA) is 29.1 Å². The van der Waals surface area contributed by atoms with Crippen molar-refractivity contribution >= 4 is 5.91 Å². The third-order valence-corrected chi connectivity index (χ3v) is 4.61. The zero-order valence-corrected chi connectivity index (χ0v) is 11.6. The fraction of sp³-hybridized carbons (Fsp3) is 0.562. The molecule has 2 rings (SSSR count). The van der Waals surface area contributed by atoms with Crippen LogP contribution in [-0.4, -0.2) is 11.9 Å². The first-order valence-electron chi connectivity index (χ1n) is 6.92. The van der Waals surface area contributed by atoms with Gasteiger partial charge in [-0.05, 0) is 24.3 Å². The Morgan fingerprint density at radius 2 is 2.00 bits per heavy atom. The molecule has 1 N–H and O–H groups in total. The lowest BCUT2D eigenvalue weighted by molar-refractivity contribution is -0.120. The van der Waals surface area contributed by atoms with Crippen molar-refractivity contribution in [3.8, 4) is 0 Å². The van der Waals surface area contributed by atoms with Gasteiger partial charge in [-0.1, -0.05) is 51.1 Å². The van der Waals surface area contributed by atoms with E-state index in [9.17, 15) is 4.79 Å². The molecule has 18 heavy (non-hydrogen) atoms. The molecule has 0 aromatic heterocycles. The van der Waals surface area contributed by atoms with Crippen molar-refractivity contribution in [3.63, 3.8) is 0 Å². The van der Waals surface area contributed by atoms with Gasteiger partial charge >= 0.3 is 0 Å². The second kappa shape index (κ2) is 5.13. The van der Waals surface area contributed by atoms with Crippen molar-refractivity contribution in [2.75, 3.05) is 0 Å². The molecule has 2 nitrogen and oxygen atoms in total. The Balaban J connectivity index is 2.22. The molecule has 0 bridgehead atoms. The lowest BCUT2D eigenvalue weighted by Crippen LogP contribution is -2.42. The molecule has 0 saturated carbocycles. The van der Waals surface area contributed by atoms with Crippen LogP contribution in [0.3, 0.4) is 0 Å². The molecular weight excluding hydrogens is 222 g/mol. The molecular formula is C16H23NO. The first-order valence-corrected chi connectivity index (χ1v) is 6.92. The van der Waals surface area contributed by atoms with Crippen molar-refractivity contribution < 1.29 is 4.79 Å². The maximum absolute atomic E-state index is 11.8. The van der Waals surface area contributed by atoms with Crippen molar-refractivity contribution in [1.82, 2.24) is 5.32 Å². The van der Waals surface area contributed by atoms with Gasteiger partial charge in [0.25, 0.3) is 0 Å². The van der Waals surface area contributed by atoms with E-state index in [1.807, 2.05) is 6.07 Å². The zero-order chi connectivity index (χ0) is 13.2. The summed E-state index contributed by atoms with van der Waals surface area (Å²) < 4.78 is 0. The predicted molar refractivity (Wildman–Crippen MR) is 74.3 cm³/mol. The van der Waals surface area contributed by atoms with Crippen molar-refractivity contribution in [2.24, 2.45) is 11.3 Å².